The lowest BCUT2D eigenvalue weighted by atomic mass is 10.0. The van der Waals surface area contributed by atoms with E-state index in [1.165, 1.54) is 20.2 Å². The van der Waals surface area contributed by atoms with E-state index in [2.05, 4.69) is 77.7 Å². The molecule has 0 spiro atoms. The molecule has 0 unspecified atom stereocenters. The first-order valence-electron chi connectivity index (χ1n) is 19.6. The van der Waals surface area contributed by atoms with Crippen molar-refractivity contribution in [2.45, 2.75) is 0 Å². The third-order valence-electron chi connectivity index (χ3n) is 9.54. The van der Waals surface area contributed by atoms with E-state index in [-0.39, 0.29) is 17.8 Å². The lowest BCUT2D eigenvalue weighted by molar-refractivity contribution is 0.669. The molecule has 0 saturated carbocycles. The summed E-state index contributed by atoms with van der Waals surface area (Å²) < 4.78 is 52.2. The fourth-order valence-electron chi connectivity index (χ4n) is 7.14. The number of para-hydroxylation sites is 2. The maximum absolute atomic E-state index is 8.96. The molecule has 10 aromatic rings. The number of benzene rings is 8. The molecule has 0 fully saturated rings. The second kappa shape index (κ2) is 12.6. The van der Waals surface area contributed by atoms with Gasteiger partial charge in [0.2, 0.25) is 0 Å². The lowest BCUT2D eigenvalue weighted by Gasteiger charge is -2.26. The molecule has 8 aromatic carbocycles. The molecule has 0 bridgehead atoms. The smallest absolute Gasteiger partial charge is 0.137 e. The van der Waals surface area contributed by atoms with Crippen LogP contribution in [0.4, 0.5) is 34.1 Å². The largest absolute Gasteiger partial charge is 0.456 e. The summed E-state index contributed by atoms with van der Waals surface area (Å²) in [4.78, 5) is 4.01. The third-order valence-corrected chi connectivity index (χ3v) is 10.7. The molecule has 4 heteroatoms. The fraction of sp³-hybridized carbons (Fsp3) is 0. The minimum atomic E-state index is -0.437. The molecule has 0 saturated heterocycles. The first-order chi connectivity index (χ1) is 27.9. The molecule has 0 aliphatic heterocycles. The van der Waals surface area contributed by atoms with Gasteiger partial charge in [-0.25, -0.2) is 0 Å². The summed E-state index contributed by atoms with van der Waals surface area (Å²) in [7, 11) is 0. The van der Waals surface area contributed by atoms with Crippen LogP contribution in [0.25, 0.3) is 53.2 Å². The van der Waals surface area contributed by atoms with Gasteiger partial charge in [-0.1, -0.05) is 109 Å². The minimum absolute atomic E-state index is 0.0665. The van der Waals surface area contributed by atoms with Crippen LogP contribution in [0.2, 0.25) is 0 Å². The van der Waals surface area contributed by atoms with Crippen LogP contribution >= 0.6 is 11.3 Å². The summed E-state index contributed by atoms with van der Waals surface area (Å²) in [5.41, 5.74) is 7.80. The monoisotopic (exact) mass is 689 g/mol. The molecule has 0 radical (unpaired) electrons. The van der Waals surface area contributed by atoms with E-state index in [9.17, 15) is 0 Å². The van der Waals surface area contributed by atoms with Gasteiger partial charge in [-0.2, -0.15) is 0 Å². The molecular weight excluding hydrogens is 653 g/mol. The van der Waals surface area contributed by atoms with Crippen molar-refractivity contribution in [2.24, 2.45) is 0 Å². The molecule has 2 heterocycles. The summed E-state index contributed by atoms with van der Waals surface area (Å²) in [6.45, 7) is 0. The van der Waals surface area contributed by atoms with E-state index in [1.54, 1.807) is 16.2 Å². The van der Waals surface area contributed by atoms with Crippen molar-refractivity contribution < 1.29 is 11.3 Å². The Bertz CT molecular complexity index is 3120. The van der Waals surface area contributed by atoms with Gasteiger partial charge in [0.25, 0.3) is 0 Å². The van der Waals surface area contributed by atoms with E-state index < -0.39 is 18.1 Å². The Morgan fingerprint density at radius 3 is 1.90 bits per heavy atom. The number of fused-ring (bicyclic) bond motifs is 6. The van der Waals surface area contributed by atoms with Gasteiger partial charge in [0.05, 0.1) is 17.2 Å². The highest BCUT2D eigenvalue weighted by Crippen LogP contribution is 2.46. The maximum Gasteiger partial charge on any atom is 0.137 e. The normalized spacial score (nSPS) is 12.8. The van der Waals surface area contributed by atoms with Crippen molar-refractivity contribution in [3.63, 3.8) is 0 Å². The average molecular weight is 690 g/mol. The van der Waals surface area contributed by atoms with Crippen LogP contribution in [-0.2, 0) is 0 Å². The van der Waals surface area contributed by atoms with Crippen molar-refractivity contribution in [1.82, 2.24) is 0 Å². The Labute approximate surface area is 312 Å². The lowest BCUT2D eigenvalue weighted by Crippen LogP contribution is -2.09. The van der Waals surface area contributed by atoms with E-state index in [0.29, 0.717) is 22.5 Å². The second-order valence-corrected chi connectivity index (χ2v) is 13.7. The van der Waals surface area contributed by atoms with Crippen molar-refractivity contribution in [3.8, 4) is 11.1 Å². The van der Waals surface area contributed by atoms with Crippen molar-refractivity contribution in [1.29, 1.82) is 0 Å². The molecule has 10 rings (SSSR count). The predicted octanol–water partition coefficient (Wildman–Crippen LogP) is 14.6. The third kappa shape index (κ3) is 5.20. The Morgan fingerprint density at radius 1 is 0.423 bits per heavy atom. The molecular formula is C48H32N2OS. The summed E-state index contributed by atoms with van der Waals surface area (Å²) in [6.07, 6.45) is 0. The van der Waals surface area contributed by atoms with Gasteiger partial charge < -0.3 is 14.2 Å². The zero-order valence-corrected chi connectivity index (χ0v) is 28.6. The SMILES string of the molecule is [2H]c1c([2H])c([2H])c(N(c2ccc(-c3ccccc3)cc2)c2ccc3oc4cc(N(c5ccccc5)c5cccc6c5sc5ccccc56)ccc4c3c2)c([2H])c1[2H]. The number of furan rings is 1. The number of rotatable bonds is 7. The topological polar surface area (TPSA) is 19.6 Å². The highest BCUT2D eigenvalue weighted by Gasteiger charge is 2.20. The van der Waals surface area contributed by atoms with Crippen LogP contribution in [-0.4, -0.2) is 0 Å². The summed E-state index contributed by atoms with van der Waals surface area (Å²) in [6, 6.07) is 53.3. The van der Waals surface area contributed by atoms with E-state index in [4.69, 9.17) is 11.3 Å². The molecule has 3 nitrogen and oxygen atoms in total. The first kappa shape index (κ1) is 25.3. The van der Waals surface area contributed by atoms with Gasteiger partial charge in [0.1, 0.15) is 11.2 Å². The Hall–Kier alpha value is -6.62. The molecule has 0 aliphatic rings. The molecule has 0 amide bonds. The van der Waals surface area contributed by atoms with Crippen LogP contribution in [0.1, 0.15) is 6.85 Å². The summed E-state index contributed by atoms with van der Waals surface area (Å²) in [5.74, 6) is 0. The fourth-order valence-corrected chi connectivity index (χ4v) is 8.35. The quantitative estimate of drug-likeness (QED) is 0.166. The summed E-state index contributed by atoms with van der Waals surface area (Å²) in [5, 5.41) is 4.18. The molecule has 0 atom stereocenters. The number of nitrogens with zero attached hydrogens (tertiary/aromatic N) is 2. The van der Waals surface area contributed by atoms with Gasteiger partial charge in [-0.15, -0.1) is 11.3 Å². The van der Waals surface area contributed by atoms with Crippen LogP contribution in [0.5, 0.6) is 0 Å². The summed E-state index contributed by atoms with van der Waals surface area (Å²) >= 11 is 1.79. The van der Waals surface area contributed by atoms with Crippen LogP contribution in [0, 0.1) is 0 Å². The van der Waals surface area contributed by atoms with Crippen LogP contribution in [0.15, 0.2) is 198 Å². The van der Waals surface area contributed by atoms with Gasteiger partial charge >= 0.3 is 0 Å². The average Bonchev–Trinajstić information content (AvgIpc) is 3.83. The van der Waals surface area contributed by atoms with E-state index >= 15 is 0 Å². The first-order valence-corrected chi connectivity index (χ1v) is 17.9. The number of anilines is 6. The van der Waals surface area contributed by atoms with Gasteiger partial charge in [-0.05, 0) is 89.9 Å². The Kier molecular flexibility index (Phi) is 6.15. The number of hydrogen-bond donors (Lipinski definition) is 0. The van der Waals surface area contributed by atoms with Gasteiger partial charge in [0.15, 0.2) is 0 Å². The molecule has 52 heavy (non-hydrogen) atoms. The van der Waals surface area contributed by atoms with E-state index in [1.807, 2.05) is 91.0 Å². The van der Waals surface area contributed by atoms with Gasteiger partial charge in [-0.3, -0.25) is 0 Å². The molecule has 0 N–H and O–H groups in total. The highest BCUT2D eigenvalue weighted by molar-refractivity contribution is 7.26. The van der Waals surface area contributed by atoms with Crippen molar-refractivity contribution >= 4 is 87.6 Å². The van der Waals surface area contributed by atoms with E-state index in [0.717, 1.165) is 39.0 Å². The highest BCUT2D eigenvalue weighted by atomic mass is 32.1. The Balaban J connectivity index is 1.13. The number of thiophene rings is 1. The predicted molar refractivity (Wildman–Crippen MR) is 221 cm³/mol. The van der Waals surface area contributed by atoms with Crippen molar-refractivity contribution in [3.05, 3.63) is 194 Å². The zero-order chi connectivity index (χ0) is 38.8. The van der Waals surface area contributed by atoms with Crippen LogP contribution in [0.3, 0.4) is 0 Å². The standard InChI is InChI=1S/C48H32N2OS/c1-4-13-33(14-5-1)34-23-25-37(26-24-34)49(35-15-6-2-7-16-35)38-28-30-45-43(31-38)40-29-27-39(32-46(40)51-45)50(36-17-8-3-9-18-36)44-21-12-20-42-41-19-10-11-22-47(41)52-48(42)44/h1-32H/i2D,6D,7D,15D,16D. The molecule has 0 aliphatic carbocycles. The maximum atomic E-state index is 8.96. The van der Waals surface area contributed by atoms with Gasteiger partial charge in [0, 0.05) is 60.7 Å². The molecule has 2 aromatic heterocycles. The number of hydrogen-bond acceptors (Lipinski definition) is 4. The molecule has 246 valence electrons. The zero-order valence-electron chi connectivity index (χ0n) is 32.8. The minimum Gasteiger partial charge on any atom is -0.456 e. The Morgan fingerprint density at radius 2 is 1.08 bits per heavy atom. The van der Waals surface area contributed by atoms with Crippen LogP contribution < -0.4 is 9.80 Å². The second-order valence-electron chi connectivity index (χ2n) is 12.6. The van der Waals surface area contributed by atoms with Crippen molar-refractivity contribution in [2.75, 3.05) is 9.80 Å².